The quantitative estimate of drug-likeness (QED) is 0.593. The Kier molecular flexibility index (Phi) is 5.54. The number of ether oxygens (including phenoxy) is 1. The van der Waals surface area contributed by atoms with Gasteiger partial charge in [0.1, 0.15) is 12.4 Å². The third-order valence-corrected chi connectivity index (χ3v) is 5.07. The van der Waals surface area contributed by atoms with Crippen LogP contribution in [0.5, 0.6) is 5.75 Å². The first-order valence-corrected chi connectivity index (χ1v) is 8.91. The molecular formula is C19H14ClF2NO2S. The van der Waals surface area contributed by atoms with Gasteiger partial charge in [-0.1, -0.05) is 17.7 Å². The summed E-state index contributed by atoms with van der Waals surface area (Å²) in [5.41, 5.74) is 2.14. The van der Waals surface area contributed by atoms with E-state index in [2.05, 4.69) is 5.32 Å². The van der Waals surface area contributed by atoms with Crippen LogP contribution in [0.1, 0.15) is 20.8 Å². The number of thiophene rings is 1. The highest BCUT2D eigenvalue weighted by atomic mass is 35.5. The molecule has 0 spiro atoms. The van der Waals surface area contributed by atoms with Crippen LogP contribution in [0, 0.1) is 18.6 Å². The zero-order valence-corrected chi connectivity index (χ0v) is 15.3. The van der Waals surface area contributed by atoms with Gasteiger partial charge in [0.05, 0.1) is 4.88 Å². The normalized spacial score (nSPS) is 10.6. The van der Waals surface area contributed by atoms with Crippen molar-refractivity contribution in [3.63, 3.8) is 0 Å². The second-order valence-corrected chi connectivity index (χ2v) is 6.87. The largest absolute Gasteiger partial charge is 0.486 e. The van der Waals surface area contributed by atoms with E-state index in [1.165, 1.54) is 17.4 Å². The van der Waals surface area contributed by atoms with Gasteiger partial charge in [-0.3, -0.25) is 4.79 Å². The summed E-state index contributed by atoms with van der Waals surface area (Å²) in [6.07, 6.45) is 0. The van der Waals surface area contributed by atoms with Crippen molar-refractivity contribution in [1.82, 2.24) is 0 Å². The topological polar surface area (TPSA) is 38.3 Å². The van der Waals surface area contributed by atoms with E-state index in [0.717, 1.165) is 17.7 Å². The smallest absolute Gasteiger partial charge is 0.265 e. The van der Waals surface area contributed by atoms with Gasteiger partial charge in [0.2, 0.25) is 0 Å². The Balaban J connectivity index is 1.65. The molecule has 0 bridgehead atoms. The fourth-order valence-electron chi connectivity index (χ4n) is 2.25. The van der Waals surface area contributed by atoms with Crippen LogP contribution in [0.4, 0.5) is 14.5 Å². The number of carbonyl (C=O) groups is 1. The third-order valence-electron chi connectivity index (χ3n) is 3.68. The minimum Gasteiger partial charge on any atom is -0.486 e. The van der Waals surface area contributed by atoms with E-state index >= 15 is 0 Å². The SMILES string of the molecule is Cc1c(Cl)cccc1NC(=O)c1cc(COc2ccc(F)cc2F)cs1. The number of amides is 1. The number of hydrogen-bond donors (Lipinski definition) is 1. The molecule has 134 valence electrons. The van der Waals surface area contributed by atoms with Crippen molar-refractivity contribution in [2.45, 2.75) is 13.5 Å². The van der Waals surface area contributed by atoms with E-state index in [1.807, 2.05) is 6.92 Å². The summed E-state index contributed by atoms with van der Waals surface area (Å²) in [5.74, 6) is -1.74. The minimum atomic E-state index is -0.769. The Hall–Kier alpha value is -2.44. The number of rotatable bonds is 5. The van der Waals surface area contributed by atoms with Crippen molar-refractivity contribution < 1.29 is 18.3 Å². The second-order valence-electron chi connectivity index (χ2n) is 5.55. The average molecular weight is 394 g/mol. The number of halogens is 3. The molecule has 0 fully saturated rings. The highest BCUT2D eigenvalue weighted by molar-refractivity contribution is 7.12. The molecule has 1 amide bonds. The van der Waals surface area contributed by atoms with E-state index in [9.17, 15) is 13.6 Å². The minimum absolute atomic E-state index is 0.0434. The molecule has 26 heavy (non-hydrogen) atoms. The maximum absolute atomic E-state index is 13.6. The molecule has 1 aromatic heterocycles. The number of hydrogen-bond acceptors (Lipinski definition) is 3. The lowest BCUT2D eigenvalue weighted by Gasteiger charge is -2.08. The Morgan fingerprint density at radius 3 is 2.81 bits per heavy atom. The van der Waals surface area contributed by atoms with Crippen molar-refractivity contribution in [3.8, 4) is 5.75 Å². The fraction of sp³-hybridized carbons (Fsp3) is 0.105. The van der Waals surface area contributed by atoms with E-state index in [-0.39, 0.29) is 18.3 Å². The van der Waals surface area contributed by atoms with Gasteiger partial charge in [0, 0.05) is 22.3 Å². The van der Waals surface area contributed by atoms with Gasteiger partial charge < -0.3 is 10.1 Å². The molecule has 3 rings (SSSR count). The van der Waals surface area contributed by atoms with E-state index in [4.69, 9.17) is 16.3 Å². The van der Waals surface area contributed by atoms with Crippen LogP contribution in [0.2, 0.25) is 5.02 Å². The summed E-state index contributed by atoms with van der Waals surface area (Å²) in [6, 6.07) is 10.1. The molecule has 7 heteroatoms. The molecule has 2 aromatic carbocycles. The Labute approximate surface area is 158 Å². The summed E-state index contributed by atoms with van der Waals surface area (Å²) in [5, 5.41) is 5.14. The summed E-state index contributed by atoms with van der Waals surface area (Å²) < 4.78 is 31.8. The monoisotopic (exact) mass is 393 g/mol. The Morgan fingerprint density at radius 1 is 1.23 bits per heavy atom. The van der Waals surface area contributed by atoms with Crippen LogP contribution in [-0.2, 0) is 6.61 Å². The number of benzene rings is 2. The molecule has 0 radical (unpaired) electrons. The molecule has 1 heterocycles. The van der Waals surface area contributed by atoms with Gasteiger partial charge in [0.25, 0.3) is 5.91 Å². The van der Waals surface area contributed by atoms with Crippen LogP contribution in [0.3, 0.4) is 0 Å². The van der Waals surface area contributed by atoms with E-state index in [0.29, 0.717) is 21.2 Å². The van der Waals surface area contributed by atoms with Gasteiger partial charge in [-0.2, -0.15) is 0 Å². The van der Waals surface area contributed by atoms with Crippen LogP contribution in [-0.4, -0.2) is 5.91 Å². The van der Waals surface area contributed by atoms with Gasteiger partial charge in [-0.05, 0) is 48.2 Å². The molecule has 1 N–H and O–H groups in total. The van der Waals surface area contributed by atoms with Crippen LogP contribution in [0.15, 0.2) is 47.8 Å². The van der Waals surface area contributed by atoms with Crippen molar-refractivity contribution in [3.05, 3.63) is 80.5 Å². The number of nitrogens with one attached hydrogen (secondary N) is 1. The molecule has 0 unspecified atom stereocenters. The highest BCUT2D eigenvalue weighted by Crippen LogP contribution is 2.25. The predicted octanol–water partition coefficient (Wildman–Crippen LogP) is 5.82. The fourth-order valence-corrected chi connectivity index (χ4v) is 3.22. The second kappa shape index (κ2) is 7.85. The molecule has 0 saturated heterocycles. The molecule has 3 aromatic rings. The van der Waals surface area contributed by atoms with Crippen molar-refractivity contribution in [2.24, 2.45) is 0 Å². The van der Waals surface area contributed by atoms with E-state index < -0.39 is 11.6 Å². The maximum Gasteiger partial charge on any atom is 0.265 e. The first-order valence-electron chi connectivity index (χ1n) is 7.66. The standard InChI is InChI=1S/C19H14ClF2NO2S/c1-11-14(20)3-2-4-16(11)23-19(24)18-7-12(10-26-18)9-25-17-6-5-13(21)8-15(17)22/h2-8,10H,9H2,1H3,(H,23,24). The summed E-state index contributed by atoms with van der Waals surface area (Å²) in [7, 11) is 0. The molecule has 0 saturated carbocycles. The van der Waals surface area contributed by atoms with Crippen LogP contribution < -0.4 is 10.1 Å². The summed E-state index contributed by atoms with van der Waals surface area (Å²) >= 11 is 7.30. The highest BCUT2D eigenvalue weighted by Gasteiger charge is 2.12. The van der Waals surface area contributed by atoms with Crippen molar-refractivity contribution in [1.29, 1.82) is 0 Å². The zero-order chi connectivity index (χ0) is 18.7. The number of carbonyl (C=O) groups excluding carboxylic acids is 1. The van der Waals surface area contributed by atoms with Crippen LogP contribution in [0.25, 0.3) is 0 Å². The van der Waals surface area contributed by atoms with E-state index in [1.54, 1.807) is 29.6 Å². The molecule has 3 nitrogen and oxygen atoms in total. The maximum atomic E-state index is 13.6. The first-order chi connectivity index (χ1) is 12.4. The molecule has 0 aliphatic heterocycles. The average Bonchev–Trinajstić information content (AvgIpc) is 3.07. The molecule has 0 aliphatic rings. The van der Waals surface area contributed by atoms with Gasteiger partial charge in [0.15, 0.2) is 11.6 Å². The molecule has 0 aliphatic carbocycles. The van der Waals surface area contributed by atoms with Crippen molar-refractivity contribution >= 4 is 34.5 Å². The molecular weight excluding hydrogens is 380 g/mol. The van der Waals surface area contributed by atoms with Gasteiger partial charge in [-0.25, -0.2) is 8.78 Å². The lowest BCUT2D eigenvalue weighted by atomic mass is 10.2. The zero-order valence-electron chi connectivity index (χ0n) is 13.7. The lowest BCUT2D eigenvalue weighted by Crippen LogP contribution is -2.11. The summed E-state index contributed by atoms with van der Waals surface area (Å²) in [6.45, 7) is 1.89. The van der Waals surface area contributed by atoms with Gasteiger partial charge in [-0.15, -0.1) is 11.3 Å². The third kappa shape index (κ3) is 4.20. The predicted molar refractivity (Wildman–Crippen MR) is 99.2 cm³/mol. The van der Waals surface area contributed by atoms with Crippen molar-refractivity contribution in [2.75, 3.05) is 5.32 Å². The summed E-state index contributed by atoms with van der Waals surface area (Å²) in [4.78, 5) is 12.9. The lowest BCUT2D eigenvalue weighted by molar-refractivity contribution is 0.103. The van der Waals surface area contributed by atoms with Gasteiger partial charge >= 0.3 is 0 Å². The molecule has 0 atom stereocenters. The Morgan fingerprint density at radius 2 is 2.04 bits per heavy atom. The first kappa shape index (κ1) is 18.4. The van der Waals surface area contributed by atoms with Crippen LogP contribution >= 0.6 is 22.9 Å². The Bertz CT molecular complexity index is 958. The number of anilines is 1.